The van der Waals surface area contributed by atoms with Gasteiger partial charge >= 0.3 is 6.03 Å². The fourth-order valence-corrected chi connectivity index (χ4v) is 1.36. The maximum Gasteiger partial charge on any atom is 0.329 e. The predicted molar refractivity (Wildman–Crippen MR) is 64.7 cm³/mol. The quantitative estimate of drug-likeness (QED) is 0.404. The fourth-order valence-electron chi connectivity index (χ4n) is 1.36. The average Bonchev–Trinajstić information content (AvgIpc) is 2.25. The number of urea groups is 1. The number of nitrogens with one attached hydrogen (secondary N) is 2. The van der Waals surface area contributed by atoms with E-state index in [1.807, 2.05) is 17.6 Å². The molecule has 1 aromatic rings. The Bertz CT molecular complexity index is 352. The van der Waals surface area contributed by atoms with Gasteiger partial charge in [0.25, 0.3) is 0 Å². The monoisotopic (exact) mass is 221 g/mol. The molecule has 1 aromatic carbocycles. The lowest BCUT2D eigenvalue weighted by Gasteiger charge is -2.19. The third-order valence-corrected chi connectivity index (χ3v) is 2.40. The van der Waals surface area contributed by atoms with Gasteiger partial charge in [0.2, 0.25) is 0 Å². The summed E-state index contributed by atoms with van der Waals surface area (Å²) in [6, 6.07) is 7.81. The Morgan fingerprint density at radius 2 is 1.81 bits per heavy atom. The van der Waals surface area contributed by atoms with Gasteiger partial charge < -0.3 is 5.32 Å². The SMILES string of the molecule is CC(C)(C)c1ccc(CNC(=O)NN)cc1. The maximum atomic E-state index is 10.9. The highest BCUT2D eigenvalue weighted by Gasteiger charge is 2.12. The van der Waals surface area contributed by atoms with Gasteiger partial charge in [0.15, 0.2) is 0 Å². The normalized spacial score (nSPS) is 11.0. The van der Waals surface area contributed by atoms with E-state index in [9.17, 15) is 4.79 Å². The number of benzene rings is 1. The van der Waals surface area contributed by atoms with Gasteiger partial charge in [-0.05, 0) is 16.5 Å². The molecule has 0 aliphatic rings. The molecule has 0 aromatic heterocycles. The van der Waals surface area contributed by atoms with Crippen LogP contribution < -0.4 is 16.6 Å². The summed E-state index contributed by atoms with van der Waals surface area (Å²) in [6.45, 7) is 6.99. The first-order valence-electron chi connectivity index (χ1n) is 5.27. The number of rotatable bonds is 2. The molecule has 0 aliphatic heterocycles. The van der Waals surface area contributed by atoms with Crippen LogP contribution in [-0.2, 0) is 12.0 Å². The van der Waals surface area contributed by atoms with Crippen molar-refractivity contribution in [2.45, 2.75) is 32.7 Å². The molecular weight excluding hydrogens is 202 g/mol. The van der Waals surface area contributed by atoms with Crippen molar-refractivity contribution in [1.29, 1.82) is 0 Å². The Morgan fingerprint density at radius 3 is 2.25 bits per heavy atom. The molecule has 0 spiro atoms. The number of carbonyl (C=O) groups excluding carboxylic acids is 1. The van der Waals surface area contributed by atoms with Crippen LogP contribution in [0.2, 0.25) is 0 Å². The summed E-state index contributed by atoms with van der Waals surface area (Å²) >= 11 is 0. The molecule has 88 valence electrons. The van der Waals surface area contributed by atoms with Crippen molar-refractivity contribution in [2.24, 2.45) is 5.84 Å². The van der Waals surface area contributed by atoms with Gasteiger partial charge in [0.1, 0.15) is 0 Å². The molecule has 0 heterocycles. The van der Waals surface area contributed by atoms with E-state index < -0.39 is 0 Å². The zero-order valence-electron chi connectivity index (χ0n) is 10.0. The second-order valence-electron chi connectivity index (χ2n) is 4.77. The van der Waals surface area contributed by atoms with E-state index in [2.05, 4.69) is 38.2 Å². The van der Waals surface area contributed by atoms with Crippen LogP contribution in [0, 0.1) is 0 Å². The molecule has 16 heavy (non-hydrogen) atoms. The standard InChI is InChI=1S/C12H19N3O/c1-12(2,3)10-6-4-9(5-7-10)8-14-11(16)15-13/h4-7H,8,13H2,1-3H3,(H2,14,15,16). The fraction of sp³-hybridized carbons (Fsp3) is 0.417. The van der Waals surface area contributed by atoms with Crippen molar-refractivity contribution in [2.75, 3.05) is 0 Å². The molecule has 0 saturated carbocycles. The molecule has 0 aliphatic carbocycles. The minimum Gasteiger partial charge on any atom is -0.333 e. The highest BCUT2D eigenvalue weighted by molar-refractivity contribution is 5.72. The minimum absolute atomic E-state index is 0.153. The second kappa shape index (κ2) is 4.99. The largest absolute Gasteiger partial charge is 0.333 e. The molecule has 0 radical (unpaired) electrons. The van der Waals surface area contributed by atoms with Gasteiger partial charge in [-0.15, -0.1) is 0 Å². The van der Waals surface area contributed by atoms with E-state index in [-0.39, 0.29) is 11.4 Å². The Hall–Kier alpha value is -1.55. The Labute approximate surface area is 96.2 Å². The van der Waals surface area contributed by atoms with Crippen molar-refractivity contribution in [3.05, 3.63) is 35.4 Å². The second-order valence-corrected chi connectivity index (χ2v) is 4.77. The topological polar surface area (TPSA) is 67.2 Å². The van der Waals surface area contributed by atoms with Gasteiger partial charge in [-0.2, -0.15) is 0 Å². The number of nitrogens with two attached hydrogens (primary N) is 1. The number of carbonyl (C=O) groups is 1. The summed E-state index contributed by atoms with van der Waals surface area (Å²) in [5.41, 5.74) is 4.50. The zero-order chi connectivity index (χ0) is 12.2. The van der Waals surface area contributed by atoms with Gasteiger partial charge in [-0.25, -0.2) is 10.6 Å². The van der Waals surface area contributed by atoms with Crippen LogP contribution in [0.4, 0.5) is 4.79 Å². The Kier molecular flexibility index (Phi) is 3.90. The number of hydrogen-bond donors (Lipinski definition) is 3. The molecule has 0 unspecified atom stereocenters. The van der Waals surface area contributed by atoms with Crippen LogP contribution in [0.3, 0.4) is 0 Å². The lowest BCUT2D eigenvalue weighted by molar-refractivity contribution is 0.241. The smallest absolute Gasteiger partial charge is 0.329 e. The van der Waals surface area contributed by atoms with E-state index in [1.54, 1.807) is 0 Å². The minimum atomic E-state index is -0.375. The van der Waals surface area contributed by atoms with Crippen LogP contribution in [0.5, 0.6) is 0 Å². The number of hydrogen-bond acceptors (Lipinski definition) is 2. The zero-order valence-corrected chi connectivity index (χ0v) is 10.0. The van der Waals surface area contributed by atoms with E-state index in [0.29, 0.717) is 6.54 Å². The molecule has 4 nitrogen and oxygen atoms in total. The van der Waals surface area contributed by atoms with Crippen molar-refractivity contribution in [3.8, 4) is 0 Å². The lowest BCUT2D eigenvalue weighted by atomic mass is 9.87. The van der Waals surface area contributed by atoms with E-state index in [0.717, 1.165) is 5.56 Å². The number of amides is 2. The summed E-state index contributed by atoms with van der Waals surface area (Å²) in [4.78, 5) is 10.9. The Balaban J connectivity index is 2.62. The molecule has 0 saturated heterocycles. The van der Waals surface area contributed by atoms with Gasteiger partial charge in [-0.1, -0.05) is 45.0 Å². The van der Waals surface area contributed by atoms with Gasteiger partial charge in [0, 0.05) is 6.54 Å². The van der Waals surface area contributed by atoms with Crippen molar-refractivity contribution in [3.63, 3.8) is 0 Å². The highest BCUT2D eigenvalue weighted by Crippen LogP contribution is 2.21. The Morgan fingerprint density at radius 1 is 1.25 bits per heavy atom. The first-order valence-corrected chi connectivity index (χ1v) is 5.27. The first-order chi connectivity index (χ1) is 7.43. The summed E-state index contributed by atoms with van der Waals surface area (Å²) in [5.74, 6) is 4.96. The molecule has 4 heteroatoms. The van der Waals surface area contributed by atoms with Crippen LogP contribution in [0.25, 0.3) is 0 Å². The third-order valence-electron chi connectivity index (χ3n) is 2.40. The maximum absolute atomic E-state index is 10.9. The van der Waals surface area contributed by atoms with E-state index in [1.165, 1.54) is 5.56 Å². The average molecular weight is 221 g/mol. The van der Waals surface area contributed by atoms with Crippen LogP contribution in [0.1, 0.15) is 31.9 Å². The summed E-state index contributed by atoms with van der Waals surface area (Å²) < 4.78 is 0. The predicted octanol–water partition coefficient (Wildman–Crippen LogP) is 1.66. The van der Waals surface area contributed by atoms with Crippen molar-refractivity contribution >= 4 is 6.03 Å². The first kappa shape index (κ1) is 12.5. The lowest BCUT2D eigenvalue weighted by Crippen LogP contribution is -2.39. The van der Waals surface area contributed by atoms with E-state index >= 15 is 0 Å². The van der Waals surface area contributed by atoms with Crippen LogP contribution in [-0.4, -0.2) is 6.03 Å². The van der Waals surface area contributed by atoms with Crippen LogP contribution >= 0.6 is 0 Å². The molecule has 1 rings (SSSR count). The molecule has 0 atom stereocenters. The summed E-state index contributed by atoms with van der Waals surface area (Å²) in [7, 11) is 0. The third kappa shape index (κ3) is 3.55. The summed E-state index contributed by atoms with van der Waals surface area (Å²) in [6.07, 6.45) is 0. The molecule has 2 amide bonds. The van der Waals surface area contributed by atoms with E-state index in [4.69, 9.17) is 5.84 Å². The van der Waals surface area contributed by atoms with Crippen molar-refractivity contribution in [1.82, 2.24) is 10.7 Å². The summed E-state index contributed by atoms with van der Waals surface area (Å²) in [5, 5.41) is 2.63. The van der Waals surface area contributed by atoms with Gasteiger partial charge in [0.05, 0.1) is 0 Å². The molecule has 4 N–H and O–H groups in total. The molecule has 0 bridgehead atoms. The highest BCUT2D eigenvalue weighted by atomic mass is 16.2. The number of hydrazine groups is 1. The van der Waals surface area contributed by atoms with Crippen LogP contribution in [0.15, 0.2) is 24.3 Å². The molecule has 0 fully saturated rings. The van der Waals surface area contributed by atoms with Crippen molar-refractivity contribution < 1.29 is 4.79 Å². The molecular formula is C12H19N3O. The van der Waals surface area contributed by atoms with Gasteiger partial charge in [-0.3, -0.25) is 5.43 Å².